The van der Waals surface area contributed by atoms with Crippen LogP contribution >= 0.6 is 0 Å². The highest BCUT2D eigenvalue weighted by molar-refractivity contribution is 7.90. The second kappa shape index (κ2) is 15.6. The maximum Gasteiger partial charge on any atom is 0.332 e. The fourth-order valence-corrected chi connectivity index (χ4v) is 4.56. The predicted molar refractivity (Wildman–Crippen MR) is 150 cm³/mol. The molecule has 0 saturated heterocycles. The standard InChI is InChI=1S/C25H32N4O8S2/c1-3-13-36-15-17-38(32,33)28-24(30)26-22-9-5-20(6-10-22)19-21-7-11-23(12-8-21)27-25(31)29-39(34,35)18-16-37-14-4-2/h3-12H,1-2,13-19H2,(H2,26,28,30)(H2,27,29,31). The molecule has 4 N–H and O–H groups in total. The van der Waals surface area contributed by atoms with E-state index in [4.69, 9.17) is 9.47 Å². The zero-order valence-electron chi connectivity index (χ0n) is 21.2. The third-order valence-corrected chi connectivity index (χ3v) is 7.19. The molecule has 0 saturated carbocycles. The van der Waals surface area contributed by atoms with Crippen molar-refractivity contribution in [2.24, 2.45) is 0 Å². The SMILES string of the molecule is C=CCOCCS(=O)(=O)NC(=O)Nc1ccc(Cc2ccc(NC(=O)NS(=O)(=O)CCOCC=C)cc2)cc1. The molecule has 0 fully saturated rings. The minimum absolute atomic E-state index is 0.0674. The summed E-state index contributed by atoms with van der Waals surface area (Å²) < 4.78 is 61.5. The number of nitrogens with one attached hydrogen (secondary N) is 4. The Morgan fingerprint density at radius 2 is 1.03 bits per heavy atom. The molecule has 0 unspecified atom stereocenters. The summed E-state index contributed by atoms with van der Waals surface area (Å²) in [4.78, 5) is 24.0. The Hall–Kier alpha value is -3.72. The second-order valence-corrected chi connectivity index (χ2v) is 11.7. The molecule has 0 heterocycles. The van der Waals surface area contributed by atoms with Gasteiger partial charge in [-0.25, -0.2) is 35.9 Å². The van der Waals surface area contributed by atoms with Crippen molar-refractivity contribution in [3.05, 3.63) is 85.0 Å². The van der Waals surface area contributed by atoms with Crippen molar-refractivity contribution < 1.29 is 35.9 Å². The van der Waals surface area contributed by atoms with Gasteiger partial charge in [0.25, 0.3) is 0 Å². The summed E-state index contributed by atoms with van der Waals surface area (Å²) in [5.41, 5.74) is 2.64. The van der Waals surface area contributed by atoms with Crippen LogP contribution in [-0.2, 0) is 35.9 Å². The zero-order valence-corrected chi connectivity index (χ0v) is 22.9. The molecular weight excluding hydrogens is 548 g/mol. The molecule has 39 heavy (non-hydrogen) atoms. The topological polar surface area (TPSA) is 169 Å². The van der Waals surface area contributed by atoms with Gasteiger partial charge >= 0.3 is 12.1 Å². The van der Waals surface area contributed by atoms with Crippen molar-refractivity contribution in [1.82, 2.24) is 9.44 Å². The number of anilines is 2. The molecule has 14 heteroatoms. The van der Waals surface area contributed by atoms with Crippen molar-refractivity contribution in [3.63, 3.8) is 0 Å². The molecule has 0 spiro atoms. The Labute approximate surface area is 228 Å². The first-order valence-electron chi connectivity index (χ1n) is 11.7. The van der Waals surface area contributed by atoms with Crippen LogP contribution in [0.5, 0.6) is 0 Å². The van der Waals surface area contributed by atoms with Crippen LogP contribution in [0.1, 0.15) is 11.1 Å². The lowest BCUT2D eigenvalue weighted by Crippen LogP contribution is -2.37. The lowest BCUT2D eigenvalue weighted by atomic mass is 10.0. The molecule has 2 aromatic rings. The van der Waals surface area contributed by atoms with Crippen molar-refractivity contribution in [2.75, 3.05) is 48.6 Å². The molecule has 2 aromatic carbocycles. The number of urea groups is 2. The van der Waals surface area contributed by atoms with E-state index in [1.807, 2.05) is 9.44 Å². The van der Waals surface area contributed by atoms with Crippen molar-refractivity contribution >= 4 is 43.5 Å². The van der Waals surface area contributed by atoms with Gasteiger partial charge in [-0.1, -0.05) is 36.4 Å². The average molecular weight is 581 g/mol. The monoisotopic (exact) mass is 580 g/mol. The van der Waals surface area contributed by atoms with Crippen LogP contribution in [-0.4, -0.2) is 66.8 Å². The van der Waals surface area contributed by atoms with E-state index in [1.165, 1.54) is 12.2 Å². The zero-order chi connectivity index (χ0) is 28.7. The number of hydrogen-bond donors (Lipinski definition) is 4. The quantitative estimate of drug-likeness (QED) is 0.173. The lowest BCUT2D eigenvalue weighted by molar-refractivity contribution is 0.179. The van der Waals surface area contributed by atoms with E-state index in [-0.39, 0.29) is 37.9 Å². The summed E-state index contributed by atoms with van der Waals surface area (Å²) in [5.74, 6) is -0.728. The van der Waals surface area contributed by atoms with E-state index in [2.05, 4.69) is 23.8 Å². The summed E-state index contributed by atoms with van der Waals surface area (Å²) in [6.45, 7) is 7.22. The van der Waals surface area contributed by atoms with Crippen LogP contribution in [0.15, 0.2) is 73.8 Å². The third-order valence-electron chi connectivity index (χ3n) is 4.79. The molecular formula is C25H32N4O8S2. The minimum Gasteiger partial charge on any atom is -0.376 e. The highest BCUT2D eigenvalue weighted by Crippen LogP contribution is 2.16. The summed E-state index contributed by atoms with van der Waals surface area (Å²) in [6.07, 6.45) is 3.52. The molecule has 4 amide bonds. The van der Waals surface area contributed by atoms with Crippen LogP contribution in [0, 0.1) is 0 Å². The van der Waals surface area contributed by atoms with Crippen LogP contribution in [0.3, 0.4) is 0 Å². The number of carbonyl (C=O) groups is 2. The number of rotatable bonds is 16. The number of hydrogen-bond acceptors (Lipinski definition) is 8. The number of amides is 4. The normalized spacial score (nSPS) is 11.3. The highest BCUT2D eigenvalue weighted by atomic mass is 32.2. The Bertz CT molecular complexity index is 1220. The molecule has 0 aliphatic carbocycles. The fourth-order valence-electron chi connectivity index (χ4n) is 3.02. The molecule has 0 aliphatic heterocycles. The Balaban J connectivity index is 1.82. The van der Waals surface area contributed by atoms with Gasteiger partial charge in [0.15, 0.2) is 0 Å². The van der Waals surface area contributed by atoms with E-state index < -0.39 is 32.1 Å². The van der Waals surface area contributed by atoms with Crippen LogP contribution in [0.25, 0.3) is 0 Å². The first-order chi connectivity index (χ1) is 18.5. The molecule has 212 valence electrons. The highest BCUT2D eigenvalue weighted by Gasteiger charge is 2.15. The van der Waals surface area contributed by atoms with Gasteiger partial charge in [0.05, 0.1) is 37.9 Å². The maximum atomic E-state index is 12.0. The van der Waals surface area contributed by atoms with Gasteiger partial charge in [-0.15, -0.1) is 13.2 Å². The lowest BCUT2D eigenvalue weighted by Gasteiger charge is -2.10. The molecule has 0 atom stereocenters. The number of sulfonamides is 2. The van der Waals surface area contributed by atoms with Gasteiger partial charge in [0, 0.05) is 11.4 Å². The van der Waals surface area contributed by atoms with Crippen molar-refractivity contribution in [3.8, 4) is 0 Å². The van der Waals surface area contributed by atoms with Gasteiger partial charge in [0.1, 0.15) is 0 Å². The third kappa shape index (κ3) is 13.1. The van der Waals surface area contributed by atoms with E-state index in [9.17, 15) is 26.4 Å². The van der Waals surface area contributed by atoms with E-state index in [0.29, 0.717) is 17.8 Å². The smallest absolute Gasteiger partial charge is 0.332 e. The van der Waals surface area contributed by atoms with Gasteiger partial charge in [0.2, 0.25) is 20.0 Å². The number of benzene rings is 2. The van der Waals surface area contributed by atoms with Crippen molar-refractivity contribution in [1.29, 1.82) is 0 Å². The number of ether oxygens (including phenoxy) is 2. The van der Waals surface area contributed by atoms with Gasteiger partial charge in [-0.05, 0) is 41.8 Å². The summed E-state index contributed by atoms with van der Waals surface area (Å²) in [6, 6.07) is 11.9. The predicted octanol–water partition coefficient (Wildman–Crippen LogP) is 2.59. The summed E-state index contributed by atoms with van der Waals surface area (Å²) >= 11 is 0. The van der Waals surface area contributed by atoms with Gasteiger partial charge in [-0.2, -0.15) is 0 Å². The van der Waals surface area contributed by atoms with Crippen LogP contribution < -0.4 is 20.1 Å². The van der Waals surface area contributed by atoms with E-state index in [1.54, 1.807) is 48.5 Å². The maximum absolute atomic E-state index is 12.0. The van der Waals surface area contributed by atoms with Crippen LogP contribution in [0.4, 0.5) is 21.0 Å². The first-order valence-corrected chi connectivity index (χ1v) is 15.0. The molecule has 12 nitrogen and oxygen atoms in total. The van der Waals surface area contributed by atoms with Gasteiger partial charge in [-0.3, -0.25) is 0 Å². The Morgan fingerprint density at radius 1 is 0.667 bits per heavy atom. The molecule has 2 rings (SSSR count). The first kappa shape index (κ1) is 31.5. The van der Waals surface area contributed by atoms with Crippen LogP contribution in [0.2, 0.25) is 0 Å². The molecule has 0 bridgehead atoms. The molecule has 0 aromatic heterocycles. The minimum atomic E-state index is -3.85. The van der Waals surface area contributed by atoms with E-state index in [0.717, 1.165) is 11.1 Å². The average Bonchev–Trinajstić information content (AvgIpc) is 2.86. The number of carbonyl (C=O) groups excluding carboxylic acids is 2. The second-order valence-electron chi connectivity index (χ2n) is 8.05. The Kier molecular flexibility index (Phi) is 12.6. The molecule has 0 aliphatic rings. The summed E-state index contributed by atoms with van der Waals surface area (Å²) in [7, 11) is -7.69. The largest absolute Gasteiger partial charge is 0.376 e. The Morgan fingerprint density at radius 3 is 1.36 bits per heavy atom. The van der Waals surface area contributed by atoms with Crippen molar-refractivity contribution in [2.45, 2.75) is 6.42 Å². The van der Waals surface area contributed by atoms with E-state index >= 15 is 0 Å². The molecule has 0 radical (unpaired) electrons. The fraction of sp³-hybridized carbons (Fsp3) is 0.280. The summed E-state index contributed by atoms with van der Waals surface area (Å²) in [5, 5.41) is 4.93. The van der Waals surface area contributed by atoms with Gasteiger partial charge < -0.3 is 20.1 Å².